The van der Waals surface area contributed by atoms with Crippen LogP contribution in [0.4, 0.5) is 0 Å². The Kier molecular flexibility index (Phi) is 4.62. The fourth-order valence-corrected chi connectivity index (χ4v) is 2.22. The van der Waals surface area contributed by atoms with E-state index in [0.717, 1.165) is 12.2 Å². The molecule has 0 spiro atoms. The zero-order valence-electron chi connectivity index (χ0n) is 12.2. The Morgan fingerprint density at radius 3 is 2.29 bits per heavy atom. The molecule has 0 aromatic heterocycles. The molecule has 0 aliphatic rings. The summed E-state index contributed by atoms with van der Waals surface area (Å²) in [5.41, 5.74) is 4.35. The molecule has 1 rings (SSSR count). The molecule has 1 aromatic carbocycles. The van der Waals surface area contributed by atoms with Crippen LogP contribution in [0.5, 0.6) is 5.75 Å². The highest BCUT2D eigenvalue weighted by molar-refractivity contribution is 5.44. The van der Waals surface area contributed by atoms with Gasteiger partial charge in [0, 0.05) is 0 Å². The van der Waals surface area contributed by atoms with Crippen molar-refractivity contribution in [2.24, 2.45) is 0 Å². The van der Waals surface area contributed by atoms with Crippen molar-refractivity contribution in [1.82, 2.24) is 0 Å². The second-order valence-corrected chi connectivity index (χ2v) is 5.83. The summed E-state index contributed by atoms with van der Waals surface area (Å²) in [7, 11) is 1.75. The van der Waals surface area contributed by atoms with E-state index >= 15 is 0 Å². The van der Waals surface area contributed by atoms with E-state index in [1.54, 1.807) is 7.11 Å². The highest BCUT2D eigenvalue weighted by Crippen LogP contribution is 2.32. The molecule has 0 aliphatic carbocycles. The molecule has 0 aliphatic heterocycles. The number of hydrogen-bond donors (Lipinski definition) is 0. The highest BCUT2D eigenvalue weighted by atomic mass is 16.5. The van der Waals surface area contributed by atoms with Gasteiger partial charge in [-0.25, -0.2) is 0 Å². The molecule has 96 valence electrons. The lowest BCUT2D eigenvalue weighted by molar-refractivity contribution is 0.410. The molecule has 0 unspecified atom stereocenters. The molecule has 1 nitrogen and oxygen atoms in total. The van der Waals surface area contributed by atoms with Gasteiger partial charge in [0.2, 0.25) is 0 Å². The van der Waals surface area contributed by atoms with Crippen molar-refractivity contribution in [3.05, 3.63) is 28.8 Å². The van der Waals surface area contributed by atoms with Crippen molar-refractivity contribution in [1.29, 1.82) is 0 Å². The first-order valence-electron chi connectivity index (χ1n) is 6.58. The molecule has 0 amide bonds. The van der Waals surface area contributed by atoms with E-state index in [2.05, 4.69) is 46.8 Å². The molecule has 17 heavy (non-hydrogen) atoms. The van der Waals surface area contributed by atoms with Crippen LogP contribution in [0.25, 0.3) is 0 Å². The first kappa shape index (κ1) is 14.1. The zero-order valence-corrected chi connectivity index (χ0v) is 12.2. The lowest BCUT2D eigenvalue weighted by Crippen LogP contribution is -2.15. The largest absolute Gasteiger partial charge is 0.496 e. The topological polar surface area (TPSA) is 9.23 Å². The van der Waals surface area contributed by atoms with Gasteiger partial charge in [-0.15, -0.1) is 0 Å². The van der Waals surface area contributed by atoms with Crippen LogP contribution >= 0.6 is 0 Å². The van der Waals surface area contributed by atoms with Crippen LogP contribution in [0.3, 0.4) is 0 Å². The summed E-state index contributed by atoms with van der Waals surface area (Å²) in [5, 5.41) is 0. The maximum Gasteiger partial charge on any atom is 0.122 e. The van der Waals surface area contributed by atoms with Crippen molar-refractivity contribution in [3.8, 4) is 5.75 Å². The minimum Gasteiger partial charge on any atom is -0.496 e. The highest BCUT2D eigenvalue weighted by Gasteiger charge is 2.19. The van der Waals surface area contributed by atoms with Crippen LogP contribution in [0, 0.1) is 6.92 Å². The first-order valence-corrected chi connectivity index (χ1v) is 6.58. The lowest BCUT2D eigenvalue weighted by atomic mass is 9.81. The average Bonchev–Trinajstić information content (AvgIpc) is 2.25. The standard InChI is InChI=1S/C16H26O/c1-7-8-9-13-11-15(17-6)12(2)10-14(13)16(3,4)5/h10-11H,7-9H2,1-6H3. The SMILES string of the molecule is CCCCc1cc(OC)c(C)cc1C(C)(C)C. The van der Waals surface area contributed by atoms with Crippen LogP contribution in [0.1, 0.15) is 57.2 Å². The summed E-state index contributed by atoms with van der Waals surface area (Å²) in [4.78, 5) is 0. The number of ether oxygens (including phenoxy) is 1. The predicted molar refractivity (Wildman–Crippen MR) is 75.0 cm³/mol. The first-order chi connectivity index (χ1) is 7.90. The van der Waals surface area contributed by atoms with Crippen LogP contribution < -0.4 is 4.74 Å². The van der Waals surface area contributed by atoms with Gasteiger partial charge in [0.15, 0.2) is 0 Å². The normalized spacial score (nSPS) is 11.6. The smallest absolute Gasteiger partial charge is 0.122 e. The number of unbranched alkanes of at least 4 members (excludes halogenated alkanes) is 1. The van der Waals surface area contributed by atoms with Gasteiger partial charge in [0.05, 0.1) is 7.11 Å². The molecule has 1 heteroatoms. The zero-order chi connectivity index (χ0) is 13.1. The molecule has 0 N–H and O–H groups in total. The second kappa shape index (κ2) is 5.57. The Morgan fingerprint density at radius 2 is 1.82 bits per heavy atom. The molecule has 0 saturated heterocycles. The van der Waals surface area contributed by atoms with E-state index in [4.69, 9.17) is 4.74 Å². The van der Waals surface area contributed by atoms with Crippen LogP contribution in [0.15, 0.2) is 12.1 Å². The molecule has 0 heterocycles. The minimum absolute atomic E-state index is 0.208. The second-order valence-electron chi connectivity index (χ2n) is 5.83. The van der Waals surface area contributed by atoms with E-state index in [0.29, 0.717) is 0 Å². The summed E-state index contributed by atoms with van der Waals surface area (Å²) in [6.45, 7) is 11.2. The molecule has 0 atom stereocenters. The summed E-state index contributed by atoms with van der Waals surface area (Å²) < 4.78 is 5.43. The van der Waals surface area contributed by atoms with Gasteiger partial charge in [-0.05, 0) is 47.9 Å². The fraction of sp³-hybridized carbons (Fsp3) is 0.625. The summed E-state index contributed by atoms with van der Waals surface area (Å²) >= 11 is 0. The Balaban J connectivity index is 3.21. The maximum absolute atomic E-state index is 5.43. The summed E-state index contributed by atoms with van der Waals surface area (Å²) in [6, 6.07) is 4.52. The van der Waals surface area contributed by atoms with E-state index < -0.39 is 0 Å². The van der Waals surface area contributed by atoms with E-state index in [-0.39, 0.29) is 5.41 Å². The van der Waals surface area contributed by atoms with Crippen molar-refractivity contribution >= 4 is 0 Å². The van der Waals surface area contributed by atoms with Gasteiger partial charge < -0.3 is 4.74 Å². The molecule has 1 aromatic rings. The number of aryl methyl sites for hydroxylation is 2. The minimum atomic E-state index is 0.208. The Bertz CT molecular complexity index is 372. The third-order valence-corrected chi connectivity index (χ3v) is 3.23. The van der Waals surface area contributed by atoms with Crippen molar-refractivity contribution in [2.45, 2.75) is 59.3 Å². The molecule has 0 fully saturated rings. The van der Waals surface area contributed by atoms with Gasteiger partial charge in [0.1, 0.15) is 5.75 Å². The van der Waals surface area contributed by atoms with Gasteiger partial charge in [-0.1, -0.05) is 40.2 Å². The number of rotatable bonds is 4. The Morgan fingerprint density at radius 1 is 1.18 bits per heavy atom. The monoisotopic (exact) mass is 234 g/mol. The number of hydrogen-bond acceptors (Lipinski definition) is 1. The van der Waals surface area contributed by atoms with E-state index in [1.165, 1.54) is 29.5 Å². The fourth-order valence-electron chi connectivity index (χ4n) is 2.22. The quantitative estimate of drug-likeness (QED) is 0.737. The molecule has 0 radical (unpaired) electrons. The van der Waals surface area contributed by atoms with Gasteiger partial charge in [-0.3, -0.25) is 0 Å². The third-order valence-electron chi connectivity index (χ3n) is 3.23. The van der Waals surface area contributed by atoms with Crippen LogP contribution in [0.2, 0.25) is 0 Å². The molecular weight excluding hydrogens is 208 g/mol. The third kappa shape index (κ3) is 3.49. The molecule has 0 bridgehead atoms. The van der Waals surface area contributed by atoms with Gasteiger partial charge in [-0.2, -0.15) is 0 Å². The van der Waals surface area contributed by atoms with Gasteiger partial charge in [0.25, 0.3) is 0 Å². The van der Waals surface area contributed by atoms with Crippen molar-refractivity contribution in [3.63, 3.8) is 0 Å². The van der Waals surface area contributed by atoms with Gasteiger partial charge >= 0.3 is 0 Å². The molecule has 0 saturated carbocycles. The van der Waals surface area contributed by atoms with E-state index in [9.17, 15) is 0 Å². The Hall–Kier alpha value is -0.980. The van der Waals surface area contributed by atoms with Crippen molar-refractivity contribution in [2.75, 3.05) is 7.11 Å². The Labute approximate surface area is 106 Å². The number of benzene rings is 1. The number of methoxy groups -OCH3 is 1. The average molecular weight is 234 g/mol. The predicted octanol–water partition coefficient (Wildman–Crippen LogP) is 4.64. The maximum atomic E-state index is 5.43. The summed E-state index contributed by atoms with van der Waals surface area (Å²) in [6.07, 6.45) is 3.63. The molecular formula is C16H26O. The lowest BCUT2D eigenvalue weighted by Gasteiger charge is -2.24. The van der Waals surface area contributed by atoms with Crippen LogP contribution in [-0.2, 0) is 11.8 Å². The van der Waals surface area contributed by atoms with Crippen molar-refractivity contribution < 1.29 is 4.74 Å². The van der Waals surface area contributed by atoms with E-state index in [1.807, 2.05) is 0 Å². The van der Waals surface area contributed by atoms with Crippen LogP contribution in [-0.4, -0.2) is 7.11 Å². The summed E-state index contributed by atoms with van der Waals surface area (Å²) in [5.74, 6) is 1.02.